The van der Waals surface area contributed by atoms with Gasteiger partial charge in [0.25, 0.3) is 11.5 Å². The molecule has 1 fully saturated rings. The van der Waals surface area contributed by atoms with Gasteiger partial charge in [-0.3, -0.25) is 19.1 Å². The Morgan fingerprint density at radius 2 is 2.14 bits per heavy atom. The first-order valence-corrected chi connectivity index (χ1v) is 10.2. The molecular weight excluding hydrogens is 421 g/mol. The number of nitrogens with zero attached hydrogens (tertiary/aromatic N) is 1. The summed E-state index contributed by atoms with van der Waals surface area (Å²) in [4.78, 5) is 58.3. The zero-order valence-electron chi connectivity index (χ0n) is 14.3. The van der Waals surface area contributed by atoms with Gasteiger partial charge in [0.05, 0.1) is 6.61 Å². The molecule has 3 unspecified atom stereocenters. The molecular formula is C13H18N3O10PS. The average molecular weight is 439 g/mol. The Labute approximate surface area is 162 Å². The minimum Gasteiger partial charge on any atom is -0.480 e. The lowest BCUT2D eigenvalue weighted by atomic mass is 10.1. The number of nitrogens with one attached hydrogen (secondary N) is 2. The summed E-state index contributed by atoms with van der Waals surface area (Å²) in [6.45, 7) is -0.883. The van der Waals surface area contributed by atoms with Crippen LogP contribution in [-0.2, 0) is 35.4 Å². The van der Waals surface area contributed by atoms with Crippen molar-refractivity contribution in [2.75, 3.05) is 13.7 Å². The van der Waals surface area contributed by atoms with Crippen molar-refractivity contribution >= 4 is 30.8 Å². The van der Waals surface area contributed by atoms with Crippen LogP contribution < -0.4 is 16.6 Å². The number of carbonyl (C=O) groups excluding carboxylic acids is 1. The van der Waals surface area contributed by atoms with Gasteiger partial charge in [-0.05, 0) is 11.8 Å². The van der Waals surface area contributed by atoms with Gasteiger partial charge in [-0.25, -0.2) is 9.59 Å². The Balaban J connectivity index is 2.39. The summed E-state index contributed by atoms with van der Waals surface area (Å²) in [5.41, 5.74) is -1.51. The van der Waals surface area contributed by atoms with E-state index in [1.807, 2.05) is 4.98 Å². The van der Waals surface area contributed by atoms with Crippen LogP contribution in [0.2, 0.25) is 0 Å². The molecule has 0 spiro atoms. The number of amides is 1. The molecule has 1 aliphatic rings. The van der Waals surface area contributed by atoms with Crippen LogP contribution in [0.15, 0.2) is 21.9 Å². The first-order valence-electron chi connectivity index (χ1n) is 7.73. The molecule has 1 amide bonds. The second-order valence-corrected chi connectivity index (χ2v) is 7.41. The number of aliphatic carboxylic acids is 1. The monoisotopic (exact) mass is 439 g/mol. The third-order valence-corrected chi connectivity index (χ3v) is 4.64. The number of aliphatic hydroxyl groups excluding tert-OH is 1. The first-order chi connectivity index (χ1) is 13.2. The molecule has 0 radical (unpaired) electrons. The summed E-state index contributed by atoms with van der Waals surface area (Å²) in [7, 11) is -1.53. The minimum absolute atomic E-state index is 0.658. The molecule has 0 bridgehead atoms. The van der Waals surface area contributed by atoms with Crippen molar-refractivity contribution in [3.63, 3.8) is 0 Å². The molecule has 0 aliphatic carbocycles. The zero-order valence-corrected chi connectivity index (χ0v) is 16.1. The van der Waals surface area contributed by atoms with Crippen molar-refractivity contribution in [2.45, 2.75) is 30.6 Å². The standard InChI is InChI=1S/C13H18N3O10PS/c1-24-9-7(26-27(23)28)8(10(19)14-5(4-17)12(20)21)25-11(9)16-3-2-6(18)15-13(16)22/h2-3,5,7-9,11,17,27H,4H2,1H3,(H,14,19)(H,20,21)(H,23,28)(H,15,18,22)/t5-,7?,8+,9?,11-/m1/s1. The first kappa shape index (κ1) is 22.4. The topological polar surface area (TPSA) is 189 Å². The van der Waals surface area contributed by atoms with Crippen molar-refractivity contribution in [1.82, 2.24) is 14.9 Å². The minimum atomic E-state index is -2.76. The van der Waals surface area contributed by atoms with E-state index in [9.17, 15) is 24.1 Å². The highest BCUT2D eigenvalue weighted by atomic mass is 32.4. The normalized spacial score (nSPS) is 26.5. The number of methoxy groups -OCH3 is 1. The largest absolute Gasteiger partial charge is 0.480 e. The number of aliphatic hydroxyl groups is 1. The summed E-state index contributed by atoms with van der Waals surface area (Å²) >= 11 is 4.65. The van der Waals surface area contributed by atoms with E-state index < -0.39 is 67.5 Å². The van der Waals surface area contributed by atoms with Crippen molar-refractivity contribution in [3.8, 4) is 0 Å². The molecule has 0 aromatic carbocycles. The van der Waals surface area contributed by atoms with Crippen LogP contribution in [0.5, 0.6) is 0 Å². The van der Waals surface area contributed by atoms with Crippen LogP contribution in [-0.4, -0.2) is 74.6 Å². The van der Waals surface area contributed by atoms with E-state index in [1.165, 1.54) is 7.11 Å². The van der Waals surface area contributed by atoms with Gasteiger partial charge < -0.3 is 34.4 Å². The predicted molar refractivity (Wildman–Crippen MR) is 95.5 cm³/mol. The average Bonchev–Trinajstić information content (AvgIpc) is 2.96. The Morgan fingerprint density at radius 1 is 1.46 bits per heavy atom. The quantitative estimate of drug-likeness (QED) is 0.258. The van der Waals surface area contributed by atoms with E-state index in [2.05, 4.69) is 17.1 Å². The molecule has 156 valence electrons. The molecule has 15 heteroatoms. The van der Waals surface area contributed by atoms with Crippen LogP contribution in [0, 0.1) is 0 Å². The lowest BCUT2D eigenvalue weighted by Crippen LogP contribution is -2.50. The fourth-order valence-corrected chi connectivity index (χ4v) is 3.46. The molecule has 1 aromatic heterocycles. The van der Waals surface area contributed by atoms with Crippen LogP contribution in [0.25, 0.3) is 0 Å². The third kappa shape index (κ3) is 4.91. The van der Waals surface area contributed by atoms with Gasteiger partial charge in [0.2, 0.25) is 0 Å². The van der Waals surface area contributed by atoms with Crippen LogP contribution >= 0.6 is 7.15 Å². The van der Waals surface area contributed by atoms with Gasteiger partial charge in [-0.1, -0.05) is 0 Å². The maximum atomic E-state index is 12.5. The van der Waals surface area contributed by atoms with Gasteiger partial charge in [0, 0.05) is 19.4 Å². The molecule has 2 rings (SSSR count). The van der Waals surface area contributed by atoms with Gasteiger partial charge >= 0.3 is 11.7 Å². The van der Waals surface area contributed by atoms with Crippen LogP contribution in [0.3, 0.4) is 0 Å². The smallest absolute Gasteiger partial charge is 0.330 e. The fraction of sp³-hybridized carbons (Fsp3) is 0.538. The highest BCUT2D eigenvalue weighted by Gasteiger charge is 2.51. The van der Waals surface area contributed by atoms with E-state index in [1.54, 1.807) is 0 Å². The summed E-state index contributed by atoms with van der Waals surface area (Å²) < 4.78 is 16.9. The van der Waals surface area contributed by atoms with Crippen molar-refractivity contribution in [2.24, 2.45) is 0 Å². The number of H-pyrrole nitrogens is 1. The Bertz CT molecular complexity index is 873. The van der Waals surface area contributed by atoms with Gasteiger partial charge in [0.15, 0.2) is 19.5 Å². The molecule has 1 saturated heterocycles. The van der Waals surface area contributed by atoms with Gasteiger partial charge in [0.1, 0.15) is 18.2 Å². The van der Waals surface area contributed by atoms with Gasteiger partial charge in [-0.2, -0.15) is 0 Å². The van der Waals surface area contributed by atoms with Crippen molar-refractivity contribution in [1.29, 1.82) is 0 Å². The Hall–Kier alpha value is -1.93. The number of aromatic amines is 1. The SMILES string of the molecule is COC1C(O[PH](O)=S)[C@@H](C(=O)N[C@H](CO)C(=O)O)O[C@H]1n1ccc(=O)[nH]c1=O. The number of hydrogen-bond donors (Lipinski definition) is 5. The molecule has 6 atom stereocenters. The molecule has 5 N–H and O–H groups in total. The molecule has 0 saturated carbocycles. The van der Waals surface area contributed by atoms with E-state index in [0.29, 0.717) is 0 Å². The maximum absolute atomic E-state index is 12.5. The summed E-state index contributed by atoms with van der Waals surface area (Å²) in [5.74, 6) is -2.48. The molecule has 28 heavy (non-hydrogen) atoms. The number of carboxylic acids is 1. The molecule has 2 heterocycles. The lowest BCUT2D eigenvalue weighted by molar-refractivity contribution is -0.147. The summed E-state index contributed by atoms with van der Waals surface area (Å²) in [5, 5.41) is 20.1. The van der Waals surface area contributed by atoms with Crippen molar-refractivity contribution in [3.05, 3.63) is 33.1 Å². The van der Waals surface area contributed by atoms with Crippen LogP contribution in [0.1, 0.15) is 6.23 Å². The van der Waals surface area contributed by atoms with E-state index in [4.69, 9.17) is 24.2 Å². The molecule has 13 nitrogen and oxygen atoms in total. The Morgan fingerprint density at radius 3 is 2.64 bits per heavy atom. The number of ether oxygens (including phenoxy) is 2. The summed E-state index contributed by atoms with van der Waals surface area (Å²) in [6, 6.07) is -0.573. The number of aromatic nitrogens is 2. The highest BCUT2D eigenvalue weighted by molar-refractivity contribution is 8.00. The molecule has 1 aliphatic heterocycles. The van der Waals surface area contributed by atoms with E-state index >= 15 is 0 Å². The fourth-order valence-electron chi connectivity index (χ4n) is 2.64. The lowest BCUT2D eigenvalue weighted by Gasteiger charge is -2.23. The maximum Gasteiger partial charge on any atom is 0.330 e. The van der Waals surface area contributed by atoms with Gasteiger partial charge in [-0.15, -0.1) is 0 Å². The predicted octanol–water partition coefficient (Wildman–Crippen LogP) is -3.11. The van der Waals surface area contributed by atoms with E-state index in [-0.39, 0.29) is 0 Å². The third-order valence-electron chi connectivity index (χ3n) is 3.88. The Kier molecular flexibility index (Phi) is 7.60. The second-order valence-electron chi connectivity index (χ2n) is 5.60. The highest BCUT2D eigenvalue weighted by Crippen LogP contribution is 2.37. The van der Waals surface area contributed by atoms with Crippen molar-refractivity contribution < 1.29 is 38.7 Å². The summed E-state index contributed by atoms with van der Waals surface area (Å²) in [6.07, 6.45) is -4.09. The van der Waals surface area contributed by atoms with E-state index in [0.717, 1.165) is 16.8 Å². The number of hydrogen-bond acceptors (Lipinski definition) is 9. The zero-order chi connectivity index (χ0) is 21.0. The number of rotatable bonds is 8. The number of carbonyl (C=O) groups is 2. The van der Waals surface area contributed by atoms with Crippen LogP contribution in [0.4, 0.5) is 0 Å². The number of carboxylic acid groups (broad SMARTS) is 1. The molecule has 1 aromatic rings. The second kappa shape index (κ2) is 9.52.